The van der Waals surface area contributed by atoms with Crippen LogP contribution in [0.3, 0.4) is 0 Å². The van der Waals surface area contributed by atoms with E-state index in [0.717, 1.165) is 12.8 Å². The molecule has 0 bridgehead atoms. The summed E-state index contributed by atoms with van der Waals surface area (Å²) in [6.45, 7) is 1.15. The third-order valence-corrected chi connectivity index (χ3v) is 5.57. The van der Waals surface area contributed by atoms with Crippen LogP contribution in [0.25, 0.3) is 11.5 Å². The molecule has 8 heteroatoms. The molecule has 0 radical (unpaired) electrons. The van der Waals surface area contributed by atoms with Crippen LogP contribution in [0.15, 0.2) is 47.0 Å². The van der Waals surface area contributed by atoms with Gasteiger partial charge in [0.15, 0.2) is 5.82 Å². The highest BCUT2D eigenvalue weighted by Crippen LogP contribution is 2.29. The molecule has 0 unspecified atom stereocenters. The first kappa shape index (κ1) is 18.9. The minimum atomic E-state index is -0.355. The summed E-state index contributed by atoms with van der Waals surface area (Å²) >= 11 is 11.9. The van der Waals surface area contributed by atoms with Crippen molar-refractivity contribution in [2.75, 3.05) is 13.1 Å². The lowest BCUT2D eigenvalue weighted by atomic mass is 9.95. The summed E-state index contributed by atoms with van der Waals surface area (Å²) in [7, 11) is 0. The van der Waals surface area contributed by atoms with Crippen LogP contribution in [0.2, 0.25) is 10.0 Å². The summed E-state index contributed by atoms with van der Waals surface area (Å²) in [6, 6.07) is 10.9. The van der Waals surface area contributed by atoms with Gasteiger partial charge in [0, 0.05) is 30.1 Å². The van der Waals surface area contributed by atoms with E-state index in [9.17, 15) is 9.18 Å². The monoisotopic (exact) mass is 419 g/mol. The molecule has 0 saturated carbocycles. The quantitative estimate of drug-likeness (QED) is 0.584. The Morgan fingerprint density at radius 1 is 1.11 bits per heavy atom. The summed E-state index contributed by atoms with van der Waals surface area (Å²) in [5, 5.41) is 4.83. The van der Waals surface area contributed by atoms with Crippen LogP contribution in [0.5, 0.6) is 0 Å². The van der Waals surface area contributed by atoms with E-state index in [0.29, 0.717) is 46.0 Å². The van der Waals surface area contributed by atoms with Crippen molar-refractivity contribution in [3.8, 4) is 11.5 Å². The van der Waals surface area contributed by atoms with Crippen LogP contribution in [-0.4, -0.2) is 34.0 Å². The summed E-state index contributed by atoms with van der Waals surface area (Å²) in [4.78, 5) is 18.9. The van der Waals surface area contributed by atoms with Crippen molar-refractivity contribution in [1.29, 1.82) is 0 Å². The maximum Gasteiger partial charge on any atom is 0.258 e. The molecule has 2 aromatic carbocycles. The maximum absolute atomic E-state index is 13.4. The summed E-state index contributed by atoms with van der Waals surface area (Å²) in [5.41, 5.74) is 1.06. The second-order valence-electron chi connectivity index (χ2n) is 6.66. The molecule has 0 aliphatic carbocycles. The molecule has 144 valence electrons. The van der Waals surface area contributed by atoms with Crippen LogP contribution in [-0.2, 0) is 0 Å². The number of halogens is 3. The Labute approximate surface area is 171 Å². The molecule has 0 N–H and O–H groups in total. The van der Waals surface area contributed by atoms with Crippen molar-refractivity contribution in [2.24, 2.45) is 0 Å². The molecule has 1 amide bonds. The van der Waals surface area contributed by atoms with Gasteiger partial charge in [-0.15, -0.1) is 0 Å². The first-order chi connectivity index (χ1) is 13.5. The predicted octanol–water partition coefficient (Wildman–Crippen LogP) is 5.20. The van der Waals surface area contributed by atoms with Gasteiger partial charge < -0.3 is 9.42 Å². The number of rotatable bonds is 3. The van der Waals surface area contributed by atoms with E-state index in [4.69, 9.17) is 27.7 Å². The number of piperidine rings is 1. The normalized spacial score (nSPS) is 15.0. The van der Waals surface area contributed by atoms with Crippen molar-refractivity contribution in [3.63, 3.8) is 0 Å². The van der Waals surface area contributed by atoms with Gasteiger partial charge in [-0.05, 0) is 49.2 Å². The summed E-state index contributed by atoms with van der Waals surface area (Å²) in [5.74, 6) is 0.533. The highest BCUT2D eigenvalue weighted by Gasteiger charge is 2.28. The molecule has 1 aliphatic rings. The Hall–Kier alpha value is -2.44. The summed E-state index contributed by atoms with van der Waals surface area (Å²) in [6.07, 6.45) is 1.43. The molecule has 1 aromatic heterocycles. The van der Waals surface area contributed by atoms with Crippen LogP contribution < -0.4 is 0 Å². The number of amides is 1. The topological polar surface area (TPSA) is 59.2 Å². The number of hydrogen-bond donors (Lipinski definition) is 0. The van der Waals surface area contributed by atoms with Gasteiger partial charge in [0.2, 0.25) is 0 Å². The van der Waals surface area contributed by atoms with Gasteiger partial charge in [-0.1, -0.05) is 34.4 Å². The average molecular weight is 420 g/mol. The second-order valence-corrected chi connectivity index (χ2v) is 7.48. The average Bonchev–Trinajstić information content (AvgIpc) is 3.20. The molecule has 0 atom stereocenters. The Kier molecular flexibility index (Phi) is 5.33. The van der Waals surface area contributed by atoms with Crippen molar-refractivity contribution >= 4 is 29.1 Å². The lowest BCUT2D eigenvalue weighted by Gasteiger charge is -2.30. The number of carbonyl (C=O) groups is 1. The lowest BCUT2D eigenvalue weighted by molar-refractivity contribution is 0.0710. The number of benzene rings is 2. The van der Waals surface area contributed by atoms with Gasteiger partial charge in [-0.25, -0.2) is 4.39 Å². The van der Waals surface area contributed by atoms with Crippen LogP contribution in [0, 0.1) is 5.82 Å². The molecule has 1 aliphatic heterocycles. The molecule has 4 rings (SSSR count). The maximum atomic E-state index is 13.4. The van der Waals surface area contributed by atoms with E-state index < -0.39 is 0 Å². The minimum Gasteiger partial charge on any atom is -0.339 e. The number of carbonyl (C=O) groups excluding carboxylic acids is 1. The van der Waals surface area contributed by atoms with Crippen molar-refractivity contribution in [3.05, 3.63) is 69.7 Å². The lowest BCUT2D eigenvalue weighted by Crippen LogP contribution is -2.38. The Balaban J connectivity index is 1.41. The van der Waals surface area contributed by atoms with E-state index in [1.54, 1.807) is 35.2 Å². The Morgan fingerprint density at radius 2 is 1.89 bits per heavy atom. The van der Waals surface area contributed by atoms with Gasteiger partial charge in [0.05, 0.1) is 10.0 Å². The third kappa shape index (κ3) is 3.88. The van der Waals surface area contributed by atoms with Crippen LogP contribution in [0.1, 0.15) is 34.9 Å². The SMILES string of the molecule is O=C(c1ccc(Cl)c(Cl)c1)N1CCC(c2noc(-c3cccc(F)c3)n2)CC1. The molecular formula is C20H16Cl2FN3O2. The van der Waals surface area contributed by atoms with Crippen LogP contribution >= 0.6 is 23.2 Å². The van der Waals surface area contributed by atoms with Gasteiger partial charge in [-0.3, -0.25) is 4.79 Å². The molecule has 2 heterocycles. The largest absolute Gasteiger partial charge is 0.339 e. The highest BCUT2D eigenvalue weighted by atomic mass is 35.5. The van der Waals surface area contributed by atoms with Gasteiger partial charge in [-0.2, -0.15) is 4.98 Å². The first-order valence-corrected chi connectivity index (χ1v) is 9.61. The molecule has 3 aromatic rings. The Bertz CT molecular complexity index is 1020. The molecule has 0 spiro atoms. The minimum absolute atomic E-state index is 0.0782. The number of aromatic nitrogens is 2. The fourth-order valence-electron chi connectivity index (χ4n) is 3.29. The molecule has 5 nitrogen and oxygen atoms in total. The smallest absolute Gasteiger partial charge is 0.258 e. The van der Waals surface area contributed by atoms with Crippen molar-refractivity contribution in [2.45, 2.75) is 18.8 Å². The molecular weight excluding hydrogens is 404 g/mol. The second kappa shape index (κ2) is 7.89. The zero-order valence-electron chi connectivity index (χ0n) is 14.7. The van der Waals surface area contributed by atoms with Crippen LogP contribution in [0.4, 0.5) is 4.39 Å². The van der Waals surface area contributed by atoms with E-state index in [1.807, 2.05) is 0 Å². The zero-order valence-corrected chi connectivity index (χ0v) is 16.3. The van der Waals surface area contributed by atoms with Crippen molar-refractivity contribution < 1.29 is 13.7 Å². The summed E-state index contributed by atoms with van der Waals surface area (Å²) < 4.78 is 18.7. The standard InChI is InChI=1S/C20H16Cl2FN3O2/c21-16-5-4-14(11-17(16)22)20(27)26-8-6-12(7-9-26)18-24-19(28-25-18)13-2-1-3-15(23)10-13/h1-5,10-12H,6-9H2. The van der Waals surface area contributed by atoms with E-state index in [1.165, 1.54) is 12.1 Å². The van der Waals surface area contributed by atoms with E-state index >= 15 is 0 Å². The first-order valence-electron chi connectivity index (χ1n) is 8.85. The number of likely N-dealkylation sites (tertiary alicyclic amines) is 1. The third-order valence-electron chi connectivity index (χ3n) is 4.83. The molecule has 1 fully saturated rings. The number of hydrogen-bond acceptors (Lipinski definition) is 4. The molecule has 1 saturated heterocycles. The van der Waals surface area contributed by atoms with Gasteiger partial charge in [0.1, 0.15) is 5.82 Å². The Morgan fingerprint density at radius 3 is 2.61 bits per heavy atom. The predicted molar refractivity (Wildman–Crippen MR) is 104 cm³/mol. The van der Waals surface area contributed by atoms with E-state index in [2.05, 4.69) is 10.1 Å². The van der Waals surface area contributed by atoms with E-state index in [-0.39, 0.29) is 17.6 Å². The fourth-order valence-corrected chi connectivity index (χ4v) is 3.59. The zero-order chi connectivity index (χ0) is 19.7. The van der Waals surface area contributed by atoms with Gasteiger partial charge in [0.25, 0.3) is 11.8 Å². The highest BCUT2D eigenvalue weighted by molar-refractivity contribution is 6.42. The molecule has 28 heavy (non-hydrogen) atoms. The number of nitrogens with zero attached hydrogens (tertiary/aromatic N) is 3. The fraction of sp³-hybridized carbons (Fsp3) is 0.250. The van der Waals surface area contributed by atoms with Gasteiger partial charge >= 0.3 is 0 Å². The van der Waals surface area contributed by atoms with Crippen molar-refractivity contribution in [1.82, 2.24) is 15.0 Å².